The molecule has 0 spiro atoms. The SMILES string of the molecule is CC(c1nc(C2CC2)no1)n1ccnc1-c1cc2ccccc2n(C)c1=O. The minimum Gasteiger partial charge on any atom is -0.337 e. The van der Waals surface area contributed by atoms with Gasteiger partial charge in [0, 0.05) is 25.4 Å². The van der Waals surface area contributed by atoms with E-state index in [1.807, 2.05) is 48.0 Å². The molecular weight excluding hydrogens is 342 g/mol. The van der Waals surface area contributed by atoms with Crippen LogP contribution < -0.4 is 5.56 Å². The lowest BCUT2D eigenvalue weighted by molar-refractivity contribution is 0.342. The van der Waals surface area contributed by atoms with Crippen molar-refractivity contribution in [1.82, 2.24) is 24.3 Å². The van der Waals surface area contributed by atoms with Gasteiger partial charge in [-0.25, -0.2) is 4.98 Å². The predicted octanol–water partition coefficient (Wildman–Crippen LogP) is 3.27. The molecule has 7 heteroatoms. The highest BCUT2D eigenvalue weighted by Gasteiger charge is 2.30. The Hall–Kier alpha value is -3.22. The van der Waals surface area contributed by atoms with Crippen LogP contribution in [-0.4, -0.2) is 24.3 Å². The molecule has 1 unspecified atom stereocenters. The van der Waals surface area contributed by atoms with Gasteiger partial charge in [-0.2, -0.15) is 4.98 Å². The molecule has 1 saturated carbocycles. The van der Waals surface area contributed by atoms with Crippen molar-refractivity contribution in [2.75, 3.05) is 0 Å². The van der Waals surface area contributed by atoms with E-state index in [2.05, 4.69) is 15.1 Å². The van der Waals surface area contributed by atoms with Gasteiger partial charge in [0.25, 0.3) is 5.56 Å². The highest BCUT2D eigenvalue weighted by Crippen LogP contribution is 2.38. The highest BCUT2D eigenvalue weighted by molar-refractivity contribution is 5.83. The van der Waals surface area contributed by atoms with Gasteiger partial charge in [0.2, 0.25) is 5.89 Å². The van der Waals surface area contributed by atoms with Crippen molar-refractivity contribution >= 4 is 10.9 Å². The van der Waals surface area contributed by atoms with Crippen molar-refractivity contribution in [2.45, 2.75) is 31.7 Å². The second-order valence-corrected chi connectivity index (χ2v) is 7.08. The largest absolute Gasteiger partial charge is 0.337 e. The fourth-order valence-electron chi connectivity index (χ4n) is 3.46. The van der Waals surface area contributed by atoms with Crippen LogP contribution in [0, 0.1) is 0 Å². The molecule has 0 bridgehead atoms. The van der Waals surface area contributed by atoms with Crippen molar-refractivity contribution < 1.29 is 4.52 Å². The van der Waals surface area contributed by atoms with Gasteiger partial charge in [0.05, 0.1) is 11.1 Å². The maximum absolute atomic E-state index is 13.0. The topological polar surface area (TPSA) is 78.7 Å². The Labute approximate surface area is 155 Å². The molecule has 1 atom stereocenters. The summed E-state index contributed by atoms with van der Waals surface area (Å²) in [7, 11) is 1.78. The molecule has 27 heavy (non-hydrogen) atoms. The Kier molecular flexibility index (Phi) is 3.50. The molecule has 7 nitrogen and oxygen atoms in total. The summed E-state index contributed by atoms with van der Waals surface area (Å²) >= 11 is 0. The van der Waals surface area contributed by atoms with Crippen LogP contribution in [-0.2, 0) is 7.05 Å². The molecule has 3 aromatic heterocycles. The summed E-state index contributed by atoms with van der Waals surface area (Å²) in [5.41, 5.74) is 1.36. The summed E-state index contributed by atoms with van der Waals surface area (Å²) in [5, 5.41) is 5.09. The van der Waals surface area contributed by atoms with Gasteiger partial charge >= 0.3 is 0 Å². The quantitative estimate of drug-likeness (QED) is 0.557. The Morgan fingerprint density at radius 2 is 2.07 bits per heavy atom. The third-order valence-electron chi connectivity index (χ3n) is 5.22. The van der Waals surface area contributed by atoms with E-state index in [4.69, 9.17) is 4.52 Å². The van der Waals surface area contributed by atoms with Gasteiger partial charge in [0.1, 0.15) is 11.9 Å². The average Bonchev–Trinajstić information content (AvgIpc) is 3.22. The van der Waals surface area contributed by atoms with Gasteiger partial charge in [-0.15, -0.1) is 0 Å². The molecule has 0 amide bonds. The second kappa shape index (κ2) is 5.90. The summed E-state index contributed by atoms with van der Waals surface area (Å²) in [6.07, 6.45) is 5.78. The molecule has 4 aromatic rings. The molecule has 0 N–H and O–H groups in total. The first-order valence-electron chi connectivity index (χ1n) is 9.09. The van der Waals surface area contributed by atoms with Crippen LogP contribution in [0.5, 0.6) is 0 Å². The van der Waals surface area contributed by atoms with Crippen LogP contribution in [0.1, 0.15) is 43.4 Å². The Morgan fingerprint density at radius 3 is 2.89 bits per heavy atom. The van der Waals surface area contributed by atoms with E-state index in [-0.39, 0.29) is 11.6 Å². The summed E-state index contributed by atoms with van der Waals surface area (Å²) in [4.78, 5) is 22.0. The number of aromatic nitrogens is 5. The number of hydrogen-bond donors (Lipinski definition) is 0. The van der Waals surface area contributed by atoms with Crippen molar-refractivity contribution in [2.24, 2.45) is 7.05 Å². The van der Waals surface area contributed by atoms with Crippen LogP contribution in [0.15, 0.2) is 52.0 Å². The molecule has 136 valence electrons. The zero-order valence-corrected chi connectivity index (χ0v) is 15.2. The van der Waals surface area contributed by atoms with Gasteiger partial charge in [0.15, 0.2) is 5.82 Å². The predicted molar refractivity (Wildman–Crippen MR) is 100 cm³/mol. The summed E-state index contributed by atoms with van der Waals surface area (Å²) < 4.78 is 9.04. The molecule has 1 aromatic carbocycles. The molecular formula is C20H19N5O2. The monoisotopic (exact) mass is 361 g/mol. The number of imidazole rings is 1. The molecule has 1 aliphatic rings. The zero-order chi connectivity index (χ0) is 18.5. The van der Waals surface area contributed by atoms with Crippen LogP contribution in [0.3, 0.4) is 0 Å². The Bertz CT molecular complexity index is 1200. The number of aryl methyl sites for hydroxylation is 1. The molecule has 5 rings (SSSR count). The standard InChI is InChI=1S/C20H19N5O2/c1-12(19-22-17(23-27-19)13-7-8-13)25-10-9-21-18(25)15-11-14-5-3-4-6-16(14)24(2)20(15)26/h3-6,9-13H,7-8H2,1-2H3. The Balaban J connectivity index is 1.61. The minimum atomic E-state index is -0.210. The molecule has 0 radical (unpaired) electrons. The lowest BCUT2D eigenvalue weighted by Gasteiger charge is -2.14. The van der Waals surface area contributed by atoms with E-state index < -0.39 is 0 Å². The number of rotatable bonds is 4. The van der Waals surface area contributed by atoms with Crippen LogP contribution >= 0.6 is 0 Å². The second-order valence-electron chi connectivity index (χ2n) is 7.08. The third-order valence-corrected chi connectivity index (χ3v) is 5.22. The summed E-state index contributed by atoms with van der Waals surface area (Å²) in [5.74, 6) is 2.35. The van der Waals surface area contributed by atoms with Crippen LogP contribution in [0.2, 0.25) is 0 Å². The summed E-state index contributed by atoms with van der Waals surface area (Å²) in [6, 6.07) is 9.51. The van der Waals surface area contributed by atoms with Crippen molar-refractivity contribution in [3.8, 4) is 11.4 Å². The lowest BCUT2D eigenvalue weighted by Crippen LogP contribution is -2.21. The normalized spacial score (nSPS) is 15.3. The van der Waals surface area contributed by atoms with Crippen LogP contribution in [0.25, 0.3) is 22.3 Å². The fraction of sp³-hybridized carbons (Fsp3) is 0.300. The van der Waals surface area contributed by atoms with Crippen LogP contribution in [0.4, 0.5) is 0 Å². The van der Waals surface area contributed by atoms with E-state index in [1.54, 1.807) is 17.8 Å². The van der Waals surface area contributed by atoms with Gasteiger partial charge in [-0.05, 0) is 37.3 Å². The Morgan fingerprint density at radius 1 is 1.26 bits per heavy atom. The van der Waals surface area contributed by atoms with Crippen molar-refractivity contribution in [3.63, 3.8) is 0 Å². The molecule has 1 aliphatic carbocycles. The maximum atomic E-state index is 13.0. The van der Waals surface area contributed by atoms with Gasteiger partial charge in [-0.3, -0.25) is 4.79 Å². The number of pyridine rings is 1. The first-order valence-corrected chi connectivity index (χ1v) is 9.09. The van der Waals surface area contributed by atoms with Gasteiger partial charge in [-0.1, -0.05) is 23.4 Å². The van der Waals surface area contributed by atoms with E-state index in [9.17, 15) is 4.79 Å². The smallest absolute Gasteiger partial charge is 0.261 e. The first kappa shape index (κ1) is 16.0. The van der Waals surface area contributed by atoms with Crippen molar-refractivity contribution in [1.29, 1.82) is 0 Å². The molecule has 0 saturated heterocycles. The third kappa shape index (κ3) is 2.58. The van der Waals surface area contributed by atoms with Crippen molar-refractivity contribution in [3.05, 3.63) is 64.8 Å². The average molecular weight is 361 g/mol. The molecule has 3 heterocycles. The molecule has 1 fully saturated rings. The maximum Gasteiger partial charge on any atom is 0.261 e. The first-order chi connectivity index (χ1) is 13.1. The van der Waals surface area contributed by atoms with E-state index in [0.29, 0.717) is 23.2 Å². The molecule has 0 aliphatic heterocycles. The number of hydrogen-bond acceptors (Lipinski definition) is 5. The highest BCUT2D eigenvalue weighted by atomic mass is 16.5. The van der Waals surface area contributed by atoms with E-state index in [0.717, 1.165) is 29.6 Å². The number of nitrogens with zero attached hydrogens (tertiary/aromatic N) is 5. The minimum absolute atomic E-state index is 0.0856. The lowest BCUT2D eigenvalue weighted by atomic mass is 10.1. The van der Waals surface area contributed by atoms with E-state index in [1.165, 1.54) is 0 Å². The zero-order valence-electron chi connectivity index (χ0n) is 15.2. The number of fused-ring (bicyclic) bond motifs is 1. The van der Waals surface area contributed by atoms with Gasteiger partial charge < -0.3 is 13.7 Å². The number of benzene rings is 1. The number of para-hydroxylation sites is 1. The summed E-state index contributed by atoms with van der Waals surface area (Å²) in [6.45, 7) is 1.97. The van der Waals surface area contributed by atoms with E-state index >= 15 is 0 Å². The fourth-order valence-corrected chi connectivity index (χ4v) is 3.46.